The third-order valence-corrected chi connectivity index (χ3v) is 11.2. The molecule has 0 saturated heterocycles. The van der Waals surface area contributed by atoms with Crippen LogP contribution < -0.4 is 9.16 Å². The zero-order valence-electron chi connectivity index (χ0n) is 18.3. The molecule has 28 heavy (non-hydrogen) atoms. The fourth-order valence-corrected chi connectivity index (χ4v) is 4.68. The molecule has 0 aliphatic carbocycles. The van der Waals surface area contributed by atoms with Crippen molar-refractivity contribution in [3.8, 4) is 11.5 Å². The van der Waals surface area contributed by atoms with Gasteiger partial charge < -0.3 is 9.16 Å². The lowest BCUT2D eigenvalue weighted by atomic mass is 9.94. The lowest BCUT2D eigenvalue weighted by Crippen LogP contribution is -2.43. The smallest absolute Gasteiger partial charge is 0.250 e. The zero-order chi connectivity index (χ0) is 20.7. The topological polar surface area (TPSA) is 18.5 Å². The van der Waals surface area contributed by atoms with Gasteiger partial charge in [-0.3, -0.25) is 0 Å². The van der Waals surface area contributed by atoms with Crippen molar-refractivity contribution in [2.24, 2.45) is 0 Å². The van der Waals surface area contributed by atoms with E-state index in [4.69, 9.17) is 9.16 Å². The van der Waals surface area contributed by atoms with Gasteiger partial charge >= 0.3 is 0 Å². The number of fused-ring (bicyclic) bond motifs is 1. The summed E-state index contributed by atoms with van der Waals surface area (Å²) in [4.78, 5) is 2.39. The first-order valence-electron chi connectivity index (χ1n) is 9.86. The molecule has 0 unspecified atom stereocenters. The summed E-state index contributed by atoms with van der Waals surface area (Å²) in [5, 5.41) is 0.187. The van der Waals surface area contributed by atoms with E-state index in [1.807, 2.05) is 0 Å². The Kier molecular flexibility index (Phi) is 5.50. The molecule has 2 nitrogen and oxygen atoms in total. The van der Waals surface area contributed by atoms with E-state index in [0.29, 0.717) is 0 Å². The standard InChI is InChI=1S/C24H32O2SSi/c1-17-14-18-15-21(12-13-22(18)25-24(17,5)6)27-20-11-9-10-19(16-20)26-28(7,8)23(2,3)4/h9-16H,1-8H3. The van der Waals surface area contributed by atoms with E-state index < -0.39 is 8.32 Å². The van der Waals surface area contributed by atoms with Gasteiger partial charge in [0, 0.05) is 15.4 Å². The fourth-order valence-electron chi connectivity index (χ4n) is 2.74. The molecule has 0 saturated carbocycles. The van der Waals surface area contributed by atoms with E-state index in [1.165, 1.54) is 15.4 Å². The van der Waals surface area contributed by atoms with Gasteiger partial charge in [-0.1, -0.05) is 38.6 Å². The third kappa shape index (κ3) is 4.49. The molecular weight excluding hydrogens is 380 g/mol. The monoisotopic (exact) mass is 412 g/mol. The van der Waals surface area contributed by atoms with Crippen molar-refractivity contribution in [1.29, 1.82) is 0 Å². The maximum atomic E-state index is 6.47. The van der Waals surface area contributed by atoms with E-state index in [-0.39, 0.29) is 10.6 Å². The zero-order valence-corrected chi connectivity index (χ0v) is 20.2. The van der Waals surface area contributed by atoms with Crippen molar-refractivity contribution in [3.63, 3.8) is 0 Å². The van der Waals surface area contributed by atoms with Crippen molar-refractivity contribution in [2.45, 2.75) is 75.1 Å². The molecule has 0 radical (unpaired) electrons. The van der Waals surface area contributed by atoms with Crippen molar-refractivity contribution in [2.75, 3.05) is 0 Å². The average molecular weight is 413 g/mol. The summed E-state index contributed by atoms with van der Waals surface area (Å²) in [7, 11) is -1.84. The van der Waals surface area contributed by atoms with Gasteiger partial charge in [-0.25, -0.2) is 0 Å². The van der Waals surface area contributed by atoms with Crippen LogP contribution in [0.3, 0.4) is 0 Å². The molecule has 1 aliphatic rings. The maximum Gasteiger partial charge on any atom is 0.250 e. The van der Waals surface area contributed by atoms with Gasteiger partial charge in [0.2, 0.25) is 8.32 Å². The lowest BCUT2D eigenvalue weighted by molar-refractivity contribution is 0.145. The summed E-state index contributed by atoms with van der Waals surface area (Å²) in [6.07, 6.45) is 2.24. The van der Waals surface area contributed by atoms with Crippen LogP contribution in [-0.2, 0) is 0 Å². The summed E-state index contributed by atoms with van der Waals surface area (Å²) in [5.74, 6) is 1.92. The Labute approximate surface area is 175 Å². The minimum Gasteiger partial charge on any atom is -0.543 e. The van der Waals surface area contributed by atoms with E-state index in [2.05, 4.69) is 103 Å². The molecule has 150 valence electrons. The highest BCUT2D eigenvalue weighted by molar-refractivity contribution is 7.99. The molecule has 0 spiro atoms. The SMILES string of the molecule is CC1=Cc2cc(Sc3cccc(O[Si](C)(C)C(C)(C)C)c3)ccc2OC1(C)C. The molecule has 1 heterocycles. The average Bonchev–Trinajstić information content (AvgIpc) is 2.55. The summed E-state index contributed by atoms with van der Waals surface area (Å²) in [6, 6.07) is 14.9. The van der Waals surface area contributed by atoms with Gasteiger partial charge in [-0.15, -0.1) is 0 Å². The maximum absolute atomic E-state index is 6.47. The molecule has 0 bridgehead atoms. The van der Waals surface area contributed by atoms with Crippen molar-refractivity contribution in [1.82, 2.24) is 0 Å². The number of hydrogen-bond acceptors (Lipinski definition) is 3. The first kappa shape index (κ1) is 21.1. The second-order valence-corrected chi connectivity index (χ2v) is 15.5. The third-order valence-electron chi connectivity index (χ3n) is 5.89. The van der Waals surface area contributed by atoms with E-state index in [0.717, 1.165) is 17.1 Å². The number of benzene rings is 2. The first-order valence-corrected chi connectivity index (χ1v) is 13.6. The van der Waals surface area contributed by atoms with Crippen LogP contribution in [0.2, 0.25) is 18.1 Å². The summed E-state index contributed by atoms with van der Waals surface area (Å²) in [5.41, 5.74) is 2.15. The Morgan fingerprint density at radius 3 is 2.36 bits per heavy atom. The molecule has 0 aromatic heterocycles. The van der Waals surface area contributed by atoms with Crippen molar-refractivity contribution < 1.29 is 9.16 Å². The van der Waals surface area contributed by atoms with Crippen LogP contribution in [0.25, 0.3) is 6.08 Å². The van der Waals surface area contributed by atoms with E-state index in [9.17, 15) is 0 Å². The Morgan fingerprint density at radius 2 is 1.68 bits per heavy atom. The molecule has 4 heteroatoms. The van der Waals surface area contributed by atoms with Crippen LogP contribution in [-0.4, -0.2) is 13.9 Å². The minimum absolute atomic E-state index is 0.187. The van der Waals surface area contributed by atoms with Gasteiger partial charge in [0.15, 0.2) is 0 Å². The molecule has 2 aromatic rings. The van der Waals surface area contributed by atoms with Crippen LogP contribution >= 0.6 is 11.8 Å². The molecule has 1 aliphatic heterocycles. The fraction of sp³-hybridized carbons (Fsp3) is 0.417. The molecule has 0 amide bonds. The summed E-state index contributed by atoms with van der Waals surface area (Å²) < 4.78 is 12.6. The number of rotatable bonds is 4. The second-order valence-electron chi connectivity index (χ2n) is 9.58. The van der Waals surface area contributed by atoms with Gasteiger partial charge in [0.05, 0.1) is 0 Å². The highest BCUT2D eigenvalue weighted by Gasteiger charge is 2.39. The van der Waals surface area contributed by atoms with Crippen molar-refractivity contribution in [3.05, 3.63) is 53.6 Å². The Hall–Kier alpha value is -1.65. The van der Waals surface area contributed by atoms with Crippen LogP contribution in [0.15, 0.2) is 57.8 Å². The van der Waals surface area contributed by atoms with Gasteiger partial charge in [-0.2, -0.15) is 0 Å². The molecule has 2 aromatic carbocycles. The van der Waals surface area contributed by atoms with Crippen LogP contribution in [0.1, 0.15) is 47.1 Å². The molecular formula is C24H32O2SSi. The Balaban J connectivity index is 1.80. The predicted octanol–water partition coefficient (Wildman–Crippen LogP) is 7.80. The Morgan fingerprint density at radius 1 is 1.00 bits per heavy atom. The van der Waals surface area contributed by atoms with Crippen LogP contribution in [0.4, 0.5) is 0 Å². The van der Waals surface area contributed by atoms with E-state index in [1.54, 1.807) is 11.8 Å². The summed E-state index contributed by atoms with van der Waals surface area (Å²) >= 11 is 1.76. The summed E-state index contributed by atoms with van der Waals surface area (Å²) in [6.45, 7) is 17.7. The quantitative estimate of drug-likeness (QED) is 0.477. The van der Waals surface area contributed by atoms with Gasteiger partial charge in [0.25, 0.3) is 0 Å². The first-order chi connectivity index (χ1) is 12.9. The number of ether oxygens (including phenoxy) is 1. The molecule has 3 rings (SSSR count). The lowest BCUT2D eigenvalue weighted by Gasteiger charge is -2.36. The van der Waals surface area contributed by atoms with Crippen LogP contribution in [0.5, 0.6) is 11.5 Å². The van der Waals surface area contributed by atoms with E-state index >= 15 is 0 Å². The molecule has 0 fully saturated rings. The van der Waals surface area contributed by atoms with Crippen molar-refractivity contribution >= 4 is 26.2 Å². The predicted molar refractivity (Wildman–Crippen MR) is 123 cm³/mol. The number of hydrogen-bond donors (Lipinski definition) is 0. The normalized spacial score (nSPS) is 16.1. The van der Waals surface area contributed by atoms with Crippen LogP contribution in [0, 0.1) is 0 Å². The Bertz CT molecular complexity index is 907. The minimum atomic E-state index is -1.84. The highest BCUT2D eigenvalue weighted by atomic mass is 32.2. The second kappa shape index (κ2) is 7.31. The van der Waals surface area contributed by atoms with Gasteiger partial charge in [0.1, 0.15) is 17.1 Å². The largest absolute Gasteiger partial charge is 0.543 e. The molecule has 0 N–H and O–H groups in total. The molecule has 0 atom stereocenters. The van der Waals surface area contributed by atoms with Gasteiger partial charge in [-0.05, 0) is 87.0 Å². The highest BCUT2D eigenvalue weighted by Crippen LogP contribution is 2.40.